The number of hydrogen-bond donors (Lipinski definition) is 1. The van der Waals surface area contributed by atoms with Crippen molar-refractivity contribution >= 4 is 5.78 Å². The van der Waals surface area contributed by atoms with Gasteiger partial charge in [-0.15, -0.1) is 0 Å². The third-order valence-corrected chi connectivity index (χ3v) is 4.16. The van der Waals surface area contributed by atoms with Crippen LogP contribution in [0.3, 0.4) is 0 Å². The summed E-state index contributed by atoms with van der Waals surface area (Å²) in [5, 5.41) is 10.0. The zero-order chi connectivity index (χ0) is 17.4. The number of carbonyl (C=O) groups excluding carboxylic acids is 1. The molecule has 2 rings (SSSR count). The molecule has 0 unspecified atom stereocenters. The number of allylic oxidation sites excluding steroid dienone is 3. The lowest BCUT2D eigenvalue weighted by atomic mass is 9.77. The van der Waals surface area contributed by atoms with Crippen LogP contribution in [-0.2, 0) is 20.9 Å². The van der Waals surface area contributed by atoms with E-state index in [9.17, 15) is 9.90 Å². The summed E-state index contributed by atoms with van der Waals surface area (Å²) in [6.07, 6.45) is 5.73. The van der Waals surface area contributed by atoms with Gasteiger partial charge in [-0.25, -0.2) is 0 Å². The van der Waals surface area contributed by atoms with Crippen molar-refractivity contribution in [1.29, 1.82) is 0 Å². The molecule has 1 aliphatic carbocycles. The molecule has 1 N–H and O–H groups in total. The maximum Gasteiger partial charge on any atom is 0.168 e. The molecule has 1 aliphatic rings. The molecule has 4 heteroatoms. The van der Waals surface area contributed by atoms with E-state index in [0.717, 1.165) is 17.7 Å². The Morgan fingerprint density at radius 1 is 1.33 bits per heavy atom. The molecule has 1 aromatic carbocycles. The lowest BCUT2D eigenvalue weighted by molar-refractivity contribution is -0.122. The maximum absolute atomic E-state index is 12.3. The number of aliphatic hydroxyl groups is 1. The standard InChI is InChI=1S/C20H26O4/c1-3-24-18-10-12-20(2,19(22)13-18)11-9-17(21)15-23-14-16-7-5-4-6-8-16/h4-9,11,13,17,21H,3,10,12,14-15H2,1-2H3/t17-,20+/m1/s1. The highest BCUT2D eigenvalue weighted by Gasteiger charge is 2.33. The highest BCUT2D eigenvalue weighted by molar-refractivity contribution is 5.97. The number of ether oxygens (including phenoxy) is 2. The van der Waals surface area contributed by atoms with Crippen LogP contribution in [0.5, 0.6) is 0 Å². The van der Waals surface area contributed by atoms with Crippen molar-refractivity contribution in [2.75, 3.05) is 13.2 Å². The second-order valence-corrected chi connectivity index (χ2v) is 6.25. The van der Waals surface area contributed by atoms with Crippen LogP contribution >= 0.6 is 0 Å². The second kappa shape index (κ2) is 8.81. The van der Waals surface area contributed by atoms with Crippen molar-refractivity contribution in [1.82, 2.24) is 0 Å². The van der Waals surface area contributed by atoms with Crippen LogP contribution in [-0.4, -0.2) is 30.2 Å². The van der Waals surface area contributed by atoms with Gasteiger partial charge in [-0.2, -0.15) is 0 Å². The van der Waals surface area contributed by atoms with E-state index in [1.165, 1.54) is 0 Å². The first-order valence-electron chi connectivity index (χ1n) is 8.40. The molecule has 130 valence electrons. The molecule has 0 amide bonds. The van der Waals surface area contributed by atoms with Crippen molar-refractivity contribution in [2.45, 2.75) is 39.4 Å². The number of rotatable bonds is 8. The number of benzene rings is 1. The monoisotopic (exact) mass is 330 g/mol. The Kier molecular flexibility index (Phi) is 6.76. The summed E-state index contributed by atoms with van der Waals surface area (Å²) in [6.45, 7) is 5.04. The maximum atomic E-state index is 12.3. The SMILES string of the molecule is CCOC1=CC(=O)[C@@](C)(C=C[C@@H](O)COCc2ccccc2)CC1. The zero-order valence-electron chi connectivity index (χ0n) is 14.4. The van der Waals surface area contributed by atoms with E-state index in [4.69, 9.17) is 9.47 Å². The van der Waals surface area contributed by atoms with Gasteiger partial charge in [0.15, 0.2) is 5.78 Å². The lowest BCUT2D eigenvalue weighted by Gasteiger charge is -2.28. The van der Waals surface area contributed by atoms with Gasteiger partial charge in [0.05, 0.1) is 31.7 Å². The van der Waals surface area contributed by atoms with Gasteiger partial charge >= 0.3 is 0 Å². The van der Waals surface area contributed by atoms with Crippen LogP contribution in [0.2, 0.25) is 0 Å². The summed E-state index contributed by atoms with van der Waals surface area (Å²) in [7, 11) is 0. The van der Waals surface area contributed by atoms with Gasteiger partial charge in [0.1, 0.15) is 0 Å². The third-order valence-electron chi connectivity index (χ3n) is 4.16. The highest BCUT2D eigenvalue weighted by Crippen LogP contribution is 2.34. The molecule has 0 heterocycles. The Hall–Kier alpha value is -1.91. The molecule has 0 aliphatic heterocycles. The number of carbonyl (C=O) groups is 1. The fourth-order valence-electron chi connectivity index (χ4n) is 2.60. The highest BCUT2D eigenvalue weighted by atomic mass is 16.5. The Morgan fingerprint density at radius 3 is 2.75 bits per heavy atom. The van der Waals surface area contributed by atoms with Gasteiger partial charge in [-0.3, -0.25) is 4.79 Å². The van der Waals surface area contributed by atoms with Crippen LogP contribution in [0.1, 0.15) is 32.3 Å². The van der Waals surface area contributed by atoms with Gasteiger partial charge in [0.2, 0.25) is 0 Å². The second-order valence-electron chi connectivity index (χ2n) is 6.25. The van der Waals surface area contributed by atoms with Crippen molar-refractivity contribution in [3.63, 3.8) is 0 Å². The van der Waals surface area contributed by atoms with E-state index >= 15 is 0 Å². The van der Waals surface area contributed by atoms with Crippen molar-refractivity contribution in [2.24, 2.45) is 5.41 Å². The summed E-state index contributed by atoms with van der Waals surface area (Å²) in [5.74, 6) is 0.769. The largest absolute Gasteiger partial charge is 0.498 e. The minimum Gasteiger partial charge on any atom is -0.498 e. The molecule has 0 saturated heterocycles. The average Bonchev–Trinajstić information content (AvgIpc) is 2.58. The van der Waals surface area contributed by atoms with E-state index in [2.05, 4.69) is 0 Å². The minimum atomic E-state index is -0.726. The summed E-state index contributed by atoms with van der Waals surface area (Å²) < 4.78 is 10.9. The molecule has 0 radical (unpaired) electrons. The molecule has 0 spiro atoms. The van der Waals surface area contributed by atoms with Crippen LogP contribution in [0.15, 0.2) is 54.3 Å². The fourth-order valence-corrected chi connectivity index (χ4v) is 2.60. The minimum absolute atomic E-state index is 0.0193. The first-order valence-corrected chi connectivity index (χ1v) is 8.40. The van der Waals surface area contributed by atoms with Crippen LogP contribution in [0.25, 0.3) is 0 Å². The normalized spacial score (nSPS) is 22.5. The van der Waals surface area contributed by atoms with Crippen LogP contribution in [0.4, 0.5) is 0 Å². The molecule has 0 aromatic heterocycles. The molecule has 0 fully saturated rings. The average molecular weight is 330 g/mol. The number of ketones is 1. The Balaban J connectivity index is 1.82. The van der Waals surface area contributed by atoms with Crippen LogP contribution < -0.4 is 0 Å². The summed E-state index contributed by atoms with van der Waals surface area (Å²) >= 11 is 0. The van der Waals surface area contributed by atoms with Crippen molar-refractivity contribution < 1.29 is 19.4 Å². The molecular formula is C20H26O4. The molecule has 0 bridgehead atoms. The Labute approximate surface area is 143 Å². The van der Waals surface area contributed by atoms with E-state index in [-0.39, 0.29) is 12.4 Å². The number of hydrogen-bond acceptors (Lipinski definition) is 4. The first-order chi connectivity index (χ1) is 11.5. The van der Waals surface area contributed by atoms with Crippen molar-refractivity contribution in [3.05, 3.63) is 59.9 Å². The van der Waals surface area contributed by atoms with Gasteiger partial charge in [0.25, 0.3) is 0 Å². The van der Waals surface area contributed by atoms with Gasteiger partial charge < -0.3 is 14.6 Å². The van der Waals surface area contributed by atoms with E-state index in [1.807, 2.05) is 44.2 Å². The van der Waals surface area contributed by atoms with Gasteiger partial charge in [-0.05, 0) is 25.8 Å². The predicted octanol–water partition coefficient (Wildman–Crippen LogP) is 3.41. The molecular weight excluding hydrogens is 304 g/mol. The van der Waals surface area contributed by atoms with Gasteiger partial charge in [-0.1, -0.05) is 42.5 Å². The molecule has 24 heavy (non-hydrogen) atoms. The fraction of sp³-hybridized carbons (Fsp3) is 0.450. The lowest BCUT2D eigenvalue weighted by Crippen LogP contribution is -2.29. The zero-order valence-corrected chi connectivity index (χ0v) is 14.4. The van der Waals surface area contributed by atoms with Gasteiger partial charge in [0, 0.05) is 17.9 Å². The predicted molar refractivity (Wildman–Crippen MR) is 93.3 cm³/mol. The van der Waals surface area contributed by atoms with E-state index < -0.39 is 11.5 Å². The molecule has 0 saturated carbocycles. The topological polar surface area (TPSA) is 55.8 Å². The number of aliphatic hydroxyl groups excluding tert-OH is 1. The summed E-state index contributed by atoms with van der Waals surface area (Å²) in [4.78, 5) is 12.3. The van der Waals surface area contributed by atoms with E-state index in [0.29, 0.717) is 19.6 Å². The Morgan fingerprint density at radius 2 is 2.08 bits per heavy atom. The van der Waals surface area contributed by atoms with E-state index in [1.54, 1.807) is 18.2 Å². The third kappa shape index (κ3) is 5.32. The van der Waals surface area contributed by atoms with Crippen LogP contribution in [0, 0.1) is 5.41 Å². The molecule has 4 nitrogen and oxygen atoms in total. The summed E-state index contributed by atoms with van der Waals surface area (Å²) in [5.41, 5.74) is 0.484. The van der Waals surface area contributed by atoms with Crippen molar-refractivity contribution in [3.8, 4) is 0 Å². The molecule has 2 atom stereocenters. The first kappa shape index (κ1) is 18.4. The molecule has 1 aromatic rings. The quantitative estimate of drug-likeness (QED) is 0.742. The summed E-state index contributed by atoms with van der Waals surface area (Å²) in [6, 6.07) is 9.82. The Bertz CT molecular complexity index is 591. The smallest absolute Gasteiger partial charge is 0.168 e.